The summed E-state index contributed by atoms with van der Waals surface area (Å²) in [7, 11) is 0. The fraction of sp³-hybridized carbons (Fsp3) is 1.00. The lowest BCUT2D eigenvalue weighted by Gasteiger charge is -2.12. The highest BCUT2D eigenvalue weighted by molar-refractivity contribution is 4.81. The maximum absolute atomic E-state index is 8.06. The Hall–Kier alpha value is -0.730. The summed E-state index contributed by atoms with van der Waals surface area (Å²) in [6, 6.07) is 0. The van der Waals surface area contributed by atoms with E-state index in [-0.39, 0.29) is 11.5 Å². The molecule has 0 amide bonds. The summed E-state index contributed by atoms with van der Waals surface area (Å²) in [5.74, 6) is 0. The van der Waals surface area contributed by atoms with Crippen molar-refractivity contribution in [2.75, 3.05) is 13.2 Å². The van der Waals surface area contributed by atoms with E-state index < -0.39 is 0 Å². The molecule has 4 heteroatoms. The van der Waals surface area contributed by atoms with Crippen molar-refractivity contribution in [1.82, 2.24) is 0 Å². The van der Waals surface area contributed by atoms with Gasteiger partial charge >= 0.3 is 0 Å². The molecule has 0 radical (unpaired) electrons. The van der Waals surface area contributed by atoms with Gasteiger partial charge in [-0.3, -0.25) is 0 Å². The molecule has 0 aromatic carbocycles. The molecule has 1 aliphatic heterocycles. The molecule has 11 heavy (non-hydrogen) atoms. The summed E-state index contributed by atoms with van der Waals surface area (Å²) in [6.07, 6.45) is 1.13. The molecular weight excluding hydrogens is 142 g/mol. The Morgan fingerprint density at radius 1 is 1.73 bits per heavy atom. The SMILES string of the molecule is CC1(C)CO[C@@H](CN=[N+]=[N-])C1. The van der Waals surface area contributed by atoms with E-state index in [0.29, 0.717) is 6.54 Å². The van der Waals surface area contributed by atoms with E-state index in [0.717, 1.165) is 13.0 Å². The van der Waals surface area contributed by atoms with E-state index in [1.807, 2.05) is 0 Å². The van der Waals surface area contributed by atoms with Crippen molar-refractivity contribution in [1.29, 1.82) is 0 Å². The standard InChI is InChI=1S/C7H13N3O/c1-7(2)3-6(11-5-7)4-9-10-8/h6H,3-5H2,1-2H3/t6-/m1/s1. The van der Waals surface area contributed by atoms with Crippen molar-refractivity contribution in [3.05, 3.63) is 10.4 Å². The molecule has 4 nitrogen and oxygen atoms in total. The maximum atomic E-state index is 8.06. The molecule has 0 aliphatic carbocycles. The van der Waals surface area contributed by atoms with Crippen LogP contribution >= 0.6 is 0 Å². The molecule has 1 heterocycles. The summed E-state index contributed by atoms with van der Waals surface area (Å²) < 4.78 is 5.41. The quantitative estimate of drug-likeness (QED) is 0.342. The highest BCUT2D eigenvalue weighted by Crippen LogP contribution is 2.31. The minimum atomic E-state index is 0.140. The van der Waals surface area contributed by atoms with Crippen LogP contribution in [-0.2, 0) is 4.74 Å². The third kappa shape index (κ3) is 2.41. The number of rotatable bonds is 2. The van der Waals surface area contributed by atoms with E-state index in [2.05, 4.69) is 23.9 Å². The second-order valence-electron chi connectivity index (χ2n) is 3.71. The molecule has 0 aromatic heterocycles. The van der Waals surface area contributed by atoms with Gasteiger partial charge in [0.05, 0.1) is 19.3 Å². The van der Waals surface area contributed by atoms with Crippen LogP contribution in [0.3, 0.4) is 0 Å². The molecule has 0 N–H and O–H groups in total. The van der Waals surface area contributed by atoms with Gasteiger partial charge in [0.1, 0.15) is 0 Å². The first-order valence-corrected chi connectivity index (χ1v) is 3.76. The molecule has 1 aliphatic rings. The number of ether oxygens (including phenoxy) is 1. The summed E-state index contributed by atoms with van der Waals surface area (Å²) >= 11 is 0. The first-order valence-electron chi connectivity index (χ1n) is 3.76. The number of azide groups is 1. The van der Waals surface area contributed by atoms with Crippen LogP contribution in [0, 0.1) is 5.41 Å². The van der Waals surface area contributed by atoms with Gasteiger partial charge in [0.2, 0.25) is 0 Å². The monoisotopic (exact) mass is 155 g/mol. The first-order chi connectivity index (χ1) is 5.14. The second-order valence-corrected chi connectivity index (χ2v) is 3.71. The minimum absolute atomic E-state index is 0.140. The Balaban J connectivity index is 2.36. The Bertz CT molecular complexity index is 184. The van der Waals surface area contributed by atoms with Gasteiger partial charge in [-0.05, 0) is 17.4 Å². The number of hydrogen-bond acceptors (Lipinski definition) is 2. The molecule has 1 fully saturated rings. The van der Waals surface area contributed by atoms with Gasteiger partial charge in [0.15, 0.2) is 0 Å². The molecule has 1 atom stereocenters. The van der Waals surface area contributed by atoms with Crippen molar-refractivity contribution in [2.24, 2.45) is 10.5 Å². The highest BCUT2D eigenvalue weighted by atomic mass is 16.5. The van der Waals surface area contributed by atoms with Crippen LogP contribution in [0.2, 0.25) is 0 Å². The highest BCUT2D eigenvalue weighted by Gasteiger charge is 2.31. The summed E-state index contributed by atoms with van der Waals surface area (Å²) in [5.41, 5.74) is 8.32. The Morgan fingerprint density at radius 3 is 2.91 bits per heavy atom. The number of nitrogens with zero attached hydrogens (tertiary/aromatic N) is 3. The van der Waals surface area contributed by atoms with Crippen LogP contribution in [0.15, 0.2) is 5.11 Å². The Morgan fingerprint density at radius 2 is 2.45 bits per heavy atom. The van der Waals surface area contributed by atoms with Crippen LogP contribution in [0.4, 0.5) is 0 Å². The normalized spacial score (nSPS) is 28.0. The van der Waals surface area contributed by atoms with E-state index >= 15 is 0 Å². The minimum Gasteiger partial charge on any atom is -0.378 e. The van der Waals surface area contributed by atoms with Crippen LogP contribution in [0.5, 0.6) is 0 Å². The van der Waals surface area contributed by atoms with Crippen LogP contribution in [0.25, 0.3) is 10.4 Å². The molecular formula is C7H13N3O. The van der Waals surface area contributed by atoms with Crippen LogP contribution in [0.1, 0.15) is 20.3 Å². The molecule has 1 rings (SSSR count). The largest absolute Gasteiger partial charge is 0.378 e. The zero-order chi connectivity index (χ0) is 8.32. The van der Waals surface area contributed by atoms with Gasteiger partial charge in [-0.2, -0.15) is 0 Å². The zero-order valence-corrected chi connectivity index (χ0v) is 6.95. The lowest BCUT2D eigenvalue weighted by atomic mass is 9.91. The lowest BCUT2D eigenvalue weighted by molar-refractivity contribution is 0.105. The average Bonchev–Trinajstić information content (AvgIpc) is 2.26. The predicted octanol–water partition coefficient (Wildman–Crippen LogP) is 2.11. The van der Waals surface area contributed by atoms with E-state index in [4.69, 9.17) is 10.3 Å². The molecule has 1 saturated heterocycles. The smallest absolute Gasteiger partial charge is 0.0637 e. The molecule has 0 unspecified atom stereocenters. The van der Waals surface area contributed by atoms with Gasteiger partial charge in [0.25, 0.3) is 0 Å². The summed E-state index contributed by atoms with van der Waals surface area (Å²) in [6.45, 7) is 5.56. The van der Waals surface area contributed by atoms with Gasteiger partial charge < -0.3 is 4.74 Å². The summed E-state index contributed by atoms with van der Waals surface area (Å²) in [4.78, 5) is 2.69. The van der Waals surface area contributed by atoms with E-state index in [1.165, 1.54) is 0 Å². The topological polar surface area (TPSA) is 58.0 Å². The molecule has 0 saturated carbocycles. The molecule has 0 aromatic rings. The number of hydrogen-bond donors (Lipinski definition) is 0. The van der Waals surface area contributed by atoms with E-state index in [1.54, 1.807) is 0 Å². The van der Waals surface area contributed by atoms with Crippen LogP contribution in [-0.4, -0.2) is 19.3 Å². The predicted molar refractivity (Wildman–Crippen MR) is 42.2 cm³/mol. The average molecular weight is 155 g/mol. The third-order valence-corrected chi connectivity index (χ3v) is 1.84. The fourth-order valence-electron chi connectivity index (χ4n) is 1.32. The van der Waals surface area contributed by atoms with Crippen molar-refractivity contribution < 1.29 is 4.74 Å². The lowest BCUT2D eigenvalue weighted by Crippen LogP contribution is -2.11. The van der Waals surface area contributed by atoms with Crippen LogP contribution < -0.4 is 0 Å². The van der Waals surface area contributed by atoms with Crippen molar-refractivity contribution in [2.45, 2.75) is 26.4 Å². The summed E-state index contributed by atoms with van der Waals surface area (Å²) in [5, 5.41) is 3.47. The van der Waals surface area contributed by atoms with Gasteiger partial charge in [-0.1, -0.05) is 19.0 Å². The fourth-order valence-corrected chi connectivity index (χ4v) is 1.32. The van der Waals surface area contributed by atoms with Gasteiger partial charge in [0, 0.05) is 4.91 Å². The molecule has 0 bridgehead atoms. The van der Waals surface area contributed by atoms with E-state index in [9.17, 15) is 0 Å². The van der Waals surface area contributed by atoms with Crippen molar-refractivity contribution in [3.63, 3.8) is 0 Å². The van der Waals surface area contributed by atoms with Crippen molar-refractivity contribution in [3.8, 4) is 0 Å². The Kier molecular flexibility index (Phi) is 2.37. The van der Waals surface area contributed by atoms with Gasteiger partial charge in [-0.25, -0.2) is 0 Å². The van der Waals surface area contributed by atoms with Crippen molar-refractivity contribution >= 4 is 0 Å². The maximum Gasteiger partial charge on any atom is 0.0637 e. The molecule has 0 spiro atoms. The molecule has 62 valence electrons. The second kappa shape index (κ2) is 3.11. The Labute approximate surface area is 66.2 Å². The van der Waals surface area contributed by atoms with Gasteiger partial charge in [-0.15, -0.1) is 0 Å². The first kappa shape index (κ1) is 8.37. The third-order valence-electron chi connectivity index (χ3n) is 1.84. The zero-order valence-electron chi connectivity index (χ0n) is 6.95.